The van der Waals surface area contributed by atoms with Gasteiger partial charge in [-0.25, -0.2) is 29.0 Å². The van der Waals surface area contributed by atoms with E-state index in [0.29, 0.717) is 47.4 Å². The first-order valence-electron chi connectivity index (χ1n) is 10.4. The first-order chi connectivity index (χ1) is 15.3. The molecule has 0 atom stereocenters. The number of carbonyl (C=O) groups excluding carboxylic acids is 4. The van der Waals surface area contributed by atoms with Crippen molar-refractivity contribution in [3.05, 3.63) is 47.5 Å². The van der Waals surface area contributed by atoms with Crippen LogP contribution in [-0.2, 0) is 22.4 Å². The Labute approximate surface area is 186 Å². The normalized spacial score (nSPS) is 13.2. The van der Waals surface area contributed by atoms with Gasteiger partial charge in [-0.3, -0.25) is 0 Å². The SMILES string of the molecule is CC(C)Cc1ccc(N2C(=O)N(c3ccc(CC(C)C)c(N=C=O)c3)C2=O)cc1N=C=O. The van der Waals surface area contributed by atoms with E-state index < -0.39 is 12.1 Å². The lowest BCUT2D eigenvalue weighted by Crippen LogP contribution is -2.64. The molecular formula is C24H24N4O4. The predicted molar refractivity (Wildman–Crippen MR) is 121 cm³/mol. The third-order valence-electron chi connectivity index (χ3n) is 5.01. The summed E-state index contributed by atoms with van der Waals surface area (Å²) in [5.41, 5.74) is 3.07. The number of hydrogen-bond donors (Lipinski definition) is 0. The van der Waals surface area contributed by atoms with Gasteiger partial charge < -0.3 is 0 Å². The molecule has 8 nitrogen and oxygen atoms in total. The highest BCUT2D eigenvalue weighted by Gasteiger charge is 2.46. The average Bonchev–Trinajstić information content (AvgIpc) is 2.72. The molecule has 1 aliphatic rings. The maximum atomic E-state index is 12.9. The number of carbonyl (C=O) groups is 2. The molecule has 32 heavy (non-hydrogen) atoms. The van der Waals surface area contributed by atoms with E-state index in [1.165, 1.54) is 24.3 Å². The Morgan fingerprint density at radius 3 is 1.41 bits per heavy atom. The minimum absolute atomic E-state index is 0.320. The second-order valence-corrected chi connectivity index (χ2v) is 8.46. The van der Waals surface area contributed by atoms with E-state index in [1.54, 1.807) is 24.3 Å². The maximum Gasteiger partial charge on any atom is 0.345 e. The molecule has 0 unspecified atom stereocenters. The standard InChI is InChI=1S/C24H24N4O4/c1-15(2)9-17-5-7-19(11-21(17)25-13-29)27-23(31)28(24(27)32)20-8-6-18(10-16(3)4)22(12-20)26-14-30/h5-8,11-12,15-16H,9-10H2,1-4H3. The van der Waals surface area contributed by atoms with Gasteiger partial charge in [-0.2, -0.15) is 9.98 Å². The molecule has 3 rings (SSSR count). The van der Waals surface area contributed by atoms with E-state index in [1.807, 2.05) is 27.7 Å². The van der Waals surface area contributed by atoms with E-state index >= 15 is 0 Å². The molecule has 1 saturated heterocycles. The summed E-state index contributed by atoms with van der Waals surface area (Å²) in [6.07, 6.45) is 4.44. The third kappa shape index (κ3) is 4.57. The van der Waals surface area contributed by atoms with Crippen molar-refractivity contribution in [2.75, 3.05) is 9.80 Å². The smallest absolute Gasteiger partial charge is 0.246 e. The Morgan fingerprint density at radius 1 is 0.719 bits per heavy atom. The van der Waals surface area contributed by atoms with E-state index in [9.17, 15) is 19.2 Å². The van der Waals surface area contributed by atoms with Gasteiger partial charge in [-0.15, -0.1) is 0 Å². The number of isocyanates is 2. The quantitative estimate of drug-likeness (QED) is 0.401. The zero-order chi connectivity index (χ0) is 23.4. The number of aliphatic imine (C=N–C) groups is 2. The Kier molecular flexibility index (Phi) is 6.79. The van der Waals surface area contributed by atoms with Gasteiger partial charge in [-0.05, 0) is 60.1 Å². The van der Waals surface area contributed by atoms with Gasteiger partial charge in [0.25, 0.3) is 0 Å². The van der Waals surface area contributed by atoms with Crippen molar-refractivity contribution in [2.45, 2.75) is 40.5 Å². The van der Waals surface area contributed by atoms with Gasteiger partial charge in [-0.1, -0.05) is 39.8 Å². The molecule has 0 aliphatic carbocycles. The van der Waals surface area contributed by atoms with Crippen LogP contribution in [0.3, 0.4) is 0 Å². The highest BCUT2D eigenvalue weighted by Crippen LogP contribution is 2.36. The lowest BCUT2D eigenvalue weighted by Gasteiger charge is -2.39. The molecule has 1 fully saturated rings. The third-order valence-corrected chi connectivity index (χ3v) is 5.01. The van der Waals surface area contributed by atoms with Gasteiger partial charge in [0.1, 0.15) is 0 Å². The van der Waals surface area contributed by atoms with Crippen LogP contribution in [0, 0.1) is 11.8 Å². The number of benzene rings is 2. The van der Waals surface area contributed by atoms with Gasteiger partial charge >= 0.3 is 12.1 Å². The van der Waals surface area contributed by atoms with Crippen molar-refractivity contribution < 1.29 is 19.2 Å². The van der Waals surface area contributed by atoms with Crippen LogP contribution in [0.2, 0.25) is 0 Å². The van der Waals surface area contributed by atoms with Crippen molar-refractivity contribution >= 4 is 47.0 Å². The van der Waals surface area contributed by atoms with Crippen molar-refractivity contribution in [2.24, 2.45) is 21.8 Å². The molecule has 0 spiro atoms. The maximum absolute atomic E-state index is 12.9. The predicted octanol–water partition coefficient (Wildman–Crippen LogP) is 5.58. The Balaban J connectivity index is 1.90. The number of amides is 4. The summed E-state index contributed by atoms with van der Waals surface area (Å²) in [4.78, 5) is 56.9. The minimum atomic E-state index is -0.551. The van der Waals surface area contributed by atoms with Crippen molar-refractivity contribution in [3.63, 3.8) is 0 Å². The monoisotopic (exact) mass is 432 g/mol. The molecule has 1 heterocycles. The van der Waals surface area contributed by atoms with Gasteiger partial charge in [0.05, 0.1) is 22.7 Å². The molecule has 8 heteroatoms. The lowest BCUT2D eigenvalue weighted by atomic mass is 10.00. The molecule has 1 aliphatic heterocycles. The average molecular weight is 432 g/mol. The molecule has 0 saturated carbocycles. The second-order valence-electron chi connectivity index (χ2n) is 8.46. The van der Waals surface area contributed by atoms with Crippen LogP contribution in [0.1, 0.15) is 38.8 Å². The van der Waals surface area contributed by atoms with Gasteiger partial charge in [0.15, 0.2) is 0 Å². The van der Waals surface area contributed by atoms with E-state index in [4.69, 9.17) is 0 Å². The number of imide groups is 2. The van der Waals surface area contributed by atoms with Crippen LogP contribution in [-0.4, -0.2) is 24.2 Å². The number of nitrogens with zero attached hydrogens (tertiary/aromatic N) is 4. The summed E-state index contributed by atoms with van der Waals surface area (Å²) >= 11 is 0. The second kappa shape index (κ2) is 9.52. The summed E-state index contributed by atoms with van der Waals surface area (Å²) in [5, 5.41) is 0. The molecule has 2 aromatic rings. The molecule has 0 bridgehead atoms. The molecule has 2 aromatic carbocycles. The number of hydrogen-bond acceptors (Lipinski definition) is 6. The Morgan fingerprint density at radius 2 is 1.09 bits per heavy atom. The van der Waals surface area contributed by atoms with E-state index in [0.717, 1.165) is 20.9 Å². The van der Waals surface area contributed by atoms with Crippen LogP contribution in [0.15, 0.2) is 46.4 Å². The van der Waals surface area contributed by atoms with Crippen LogP contribution >= 0.6 is 0 Å². The first-order valence-corrected chi connectivity index (χ1v) is 10.4. The summed E-state index contributed by atoms with van der Waals surface area (Å²) in [6.45, 7) is 8.16. The van der Waals surface area contributed by atoms with Crippen LogP contribution < -0.4 is 9.80 Å². The fourth-order valence-corrected chi connectivity index (χ4v) is 3.67. The minimum Gasteiger partial charge on any atom is -0.246 e. The zero-order valence-electron chi connectivity index (χ0n) is 18.5. The largest absolute Gasteiger partial charge is 0.345 e. The first kappa shape index (κ1) is 22.8. The van der Waals surface area contributed by atoms with E-state index in [-0.39, 0.29) is 0 Å². The molecule has 164 valence electrons. The van der Waals surface area contributed by atoms with Crippen molar-refractivity contribution in [1.82, 2.24) is 0 Å². The Bertz CT molecular complexity index is 1060. The van der Waals surface area contributed by atoms with Gasteiger partial charge in [0, 0.05) is 0 Å². The molecule has 0 radical (unpaired) electrons. The lowest BCUT2D eigenvalue weighted by molar-refractivity contribution is 0.226. The molecule has 0 N–H and O–H groups in total. The summed E-state index contributed by atoms with van der Waals surface area (Å²) in [5.74, 6) is 0.678. The molecule has 4 amide bonds. The van der Waals surface area contributed by atoms with Crippen LogP contribution in [0.5, 0.6) is 0 Å². The fraction of sp³-hybridized carbons (Fsp3) is 0.333. The molecular weight excluding hydrogens is 408 g/mol. The highest BCUT2D eigenvalue weighted by molar-refractivity contribution is 6.41. The zero-order valence-corrected chi connectivity index (χ0v) is 18.5. The van der Waals surface area contributed by atoms with Gasteiger partial charge in [0.2, 0.25) is 12.2 Å². The fourth-order valence-electron chi connectivity index (χ4n) is 3.67. The van der Waals surface area contributed by atoms with Crippen LogP contribution in [0.25, 0.3) is 0 Å². The van der Waals surface area contributed by atoms with E-state index in [2.05, 4.69) is 9.98 Å². The number of rotatable bonds is 8. The number of urea groups is 2. The summed E-state index contributed by atoms with van der Waals surface area (Å²) in [6, 6.07) is 8.78. The topological polar surface area (TPSA) is 99.5 Å². The number of anilines is 2. The summed E-state index contributed by atoms with van der Waals surface area (Å²) < 4.78 is 0. The summed E-state index contributed by atoms with van der Waals surface area (Å²) in [7, 11) is 0. The van der Waals surface area contributed by atoms with Crippen molar-refractivity contribution in [1.29, 1.82) is 0 Å². The van der Waals surface area contributed by atoms with Crippen molar-refractivity contribution in [3.8, 4) is 0 Å². The Hall–Kier alpha value is -3.86. The highest BCUT2D eigenvalue weighted by atomic mass is 16.2. The van der Waals surface area contributed by atoms with Crippen LogP contribution in [0.4, 0.5) is 32.3 Å². The molecule has 0 aromatic heterocycles.